The molecule has 0 aliphatic carbocycles. The molecule has 1 saturated heterocycles. The summed E-state index contributed by atoms with van der Waals surface area (Å²) in [4.78, 5) is 17.6. The maximum absolute atomic E-state index is 12.6. The molecule has 1 heterocycles. The van der Waals surface area contributed by atoms with Crippen molar-refractivity contribution in [2.24, 2.45) is 4.99 Å². The molecule has 0 radical (unpaired) electrons. The van der Waals surface area contributed by atoms with E-state index in [0.717, 1.165) is 27.7 Å². The van der Waals surface area contributed by atoms with Crippen LogP contribution in [0.3, 0.4) is 0 Å². The Morgan fingerprint density at radius 2 is 1.74 bits per heavy atom. The zero-order valence-corrected chi connectivity index (χ0v) is 22.5. The maximum Gasteiger partial charge on any atom is 0.264 e. The quantitative estimate of drug-likeness (QED) is 0.284. The van der Waals surface area contributed by atoms with Gasteiger partial charge in [0.05, 0.1) is 22.2 Å². The number of halogens is 2. The van der Waals surface area contributed by atoms with E-state index in [0.29, 0.717) is 39.8 Å². The SMILES string of the molecule is CCOc1cc(/C=C2\SC(=Nc3ccc(CC)cc3)NC2=O)cc(Cl)c1OCc1ccc(Br)cc1. The molecular weight excluding hydrogens is 548 g/mol. The maximum atomic E-state index is 12.6. The van der Waals surface area contributed by atoms with Crippen LogP contribution in [-0.2, 0) is 17.8 Å². The molecule has 35 heavy (non-hydrogen) atoms. The number of amides is 1. The molecule has 0 atom stereocenters. The van der Waals surface area contributed by atoms with E-state index in [1.807, 2.05) is 61.5 Å². The second kappa shape index (κ2) is 11.8. The highest BCUT2D eigenvalue weighted by atomic mass is 79.9. The molecule has 0 bridgehead atoms. The van der Waals surface area contributed by atoms with Crippen LogP contribution < -0.4 is 14.8 Å². The lowest BCUT2D eigenvalue weighted by molar-refractivity contribution is -0.115. The molecule has 4 rings (SSSR count). The van der Waals surface area contributed by atoms with E-state index in [1.165, 1.54) is 17.3 Å². The lowest BCUT2D eigenvalue weighted by atomic mass is 10.1. The first kappa shape index (κ1) is 25.4. The van der Waals surface area contributed by atoms with Crippen molar-refractivity contribution in [2.75, 3.05) is 6.61 Å². The standard InChI is InChI=1S/C27H24BrClN2O3S/c1-3-17-7-11-21(12-8-17)30-27-31-26(32)24(35-27)15-19-13-22(29)25(23(14-19)33-4-2)34-16-18-5-9-20(28)10-6-18/h5-15H,3-4,16H2,1-2H3,(H,30,31,32)/b24-15-. The van der Waals surface area contributed by atoms with E-state index in [-0.39, 0.29) is 5.91 Å². The molecule has 0 spiro atoms. The molecular formula is C27H24BrClN2O3S. The number of nitrogens with one attached hydrogen (secondary N) is 1. The number of carbonyl (C=O) groups is 1. The number of hydrogen-bond acceptors (Lipinski definition) is 5. The van der Waals surface area contributed by atoms with E-state index >= 15 is 0 Å². The van der Waals surface area contributed by atoms with Gasteiger partial charge < -0.3 is 14.8 Å². The molecule has 1 N–H and O–H groups in total. The second-order valence-corrected chi connectivity index (χ2v) is 10.0. The summed E-state index contributed by atoms with van der Waals surface area (Å²) >= 11 is 11.3. The molecule has 0 aromatic heterocycles. The molecule has 8 heteroatoms. The molecule has 180 valence electrons. The van der Waals surface area contributed by atoms with Crippen LogP contribution >= 0.6 is 39.3 Å². The summed E-state index contributed by atoms with van der Waals surface area (Å²) in [5.41, 5.74) is 3.78. The molecule has 1 fully saturated rings. The summed E-state index contributed by atoms with van der Waals surface area (Å²) < 4.78 is 12.8. The highest BCUT2D eigenvalue weighted by Crippen LogP contribution is 2.39. The number of ether oxygens (including phenoxy) is 2. The van der Waals surface area contributed by atoms with Crippen LogP contribution in [0.25, 0.3) is 6.08 Å². The fourth-order valence-electron chi connectivity index (χ4n) is 3.37. The topological polar surface area (TPSA) is 59.9 Å². The van der Waals surface area contributed by atoms with Crippen LogP contribution in [0.2, 0.25) is 5.02 Å². The molecule has 1 aliphatic heterocycles. The number of amidine groups is 1. The van der Waals surface area contributed by atoms with E-state index in [9.17, 15) is 4.79 Å². The van der Waals surface area contributed by atoms with Gasteiger partial charge in [-0.3, -0.25) is 4.79 Å². The summed E-state index contributed by atoms with van der Waals surface area (Å²) in [6.45, 7) is 4.81. The minimum Gasteiger partial charge on any atom is -0.490 e. The van der Waals surface area contributed by atoms with E-state index < -0.39 is 0 Å². The van der Waals surface area contributed by atoms with Crippen molar-refractivity contribution in [3.8, 4) is 11.5 Å². The fraction of sp³-hybridized carbons (Fsp3) is 0.185. The van der Waals surface area contributed by atoms with Crippen molar-refractivity contribution in [1.29, 1.82) is 0 Å². The Bertz CT molecular complexity index is 1270. The van der Waals surface area contributed by atoms with Crippen LogP contribution in [0.5, 0.6) is 11.5 Å². The van der Waals surface area contributed by atoms with E-state index in [2.05, 4.69) is 33.2 Å². The predicted octanol–water partition coefficient (Wildman–Crippen LogP) is 7.53. The van der Waals surface area contributed by atoms with Crippen molar-refractivity contribution < 1.29 is 14.3 Å². The number of carbonyl (C=O) groups excluding carboxylic acids is 1. The minimum atomic E-state index is -0.205. The second-order valence-electron chi connectivity index (χ2n) is 7.68. The van der Waals surface area contributed by atoms with Gasteiger partial charge in [-0.25, -0.2) is 4.99 Å². The van der Waals surface area contributed by atoms with Crippen molar-refractivity contribution in [1.82, 2.24) is 5.32 Å². The number of nitrogens with zero attached hydrogens (tertiary/aromatic N) is 1. The number of hydrogen-bond donors (Lipinski definition) is 1. The van der Waals surface area contributed by atoms with Gasteiger partial charge >= 0.3 is 0 Å². The Morgan fingerprint density at radius 3 is 2.43 bits per heavy atom. The van der Waals surface area contributed by atoms with E-state index in [1.54, 1.807) is 12.1 Å². The number of aliphatic imine (C=N–C) groups is 1. The zero-order chi connectivity index (χ0) is 24.8. The largest absolute Gasteiger partial charge is 0.490 e. The van der Waals surface area contributed by atoms with Gasteiger partial charge in [-0.15, -0.1) is 0 Å². The third-order valence-electron chi connectivity index (χ3n) is 5.15. The van der Waals surface area contributed by atoms with Crippen molar-refractivity contribution >= 4 is 62.1 Å². The molecule has 0 unspecified atom stereocenters. The molecule has 1 amide bonds. The van der Waals surface area contributed by atoms with Crippen LogP contribution in [0.15, 0.2) is 75.0 Å². The lowest BCUT2D eigenvalue weighted by Crippen LogP contribution is -2.19. The highest BCUT2D eigenvalue weighted by Gasteiger charge is 2.24. The summed E-state index contributed by atoms with van der Waals surface area (Å²) in [6, 6.07) is 19.4. The molecule has 0 saturated carbocycles. The van der Waals surface area contributed by atoms with Crippen molar-refractivity contribution in [3.05, 3.63) is 91.8 Å². The Balaban J connectivity index is 1.53. The van der Waals surface area contributed by atoms with Gasteiger partial charge in [-0.2, -0.15) is 0 Å². The fourth-order valence-corrected chi connectivity index (χ4v) is 4.75. The van der Waals surface area contributed by atoms with Gasteiger partial charge in [0, 0.05) is 4.47 Å². The Kier molecular flexibility index (Phi) is 8.55. The number of benzene rings is 3. The molecule has 3 aromatic rings. The minimum absolute atomic E-state index is 0.205. The van der Waals surface area contributed by atoms with Gasteiger partial charge in [0.25, 0.3) is 5.91 Å². The summed E-state index contributed by atoms with van der Waals surface area (Å²) in [7, 11) is 0. The third-order valence-corrected chi connectivity index (χ3v) is 6.87. The van der Waals surface area contributed by atoms with Gasteiger partial charge in [0.2, 0.25) is 0 Å². The first-order chi connectivity index (χ1) is 16.9. The lowest BCUT2D eigenvalue weighted by Gasteiger charge is -2.15. The number of thioether (sulfide) groups is 1. The molecule has 5 nitrogen and oxygen atoms in total. The average molecular weight is 572 g/mol. The van der Waals surface area contributed by atoms with Crippen LogP contribution in [0, 0.1) is 0 Å². The normalized spacial score (nSPS) is 15.5. The van der Waals surface area contributed by atoms with Crippen molar-refractivity contribution in [3.63, 3.8) is 0 Å². The predicted molar refractivity (Wildman–Crippen MR) is 148 cm³/mol. The summed E-state index contributed by atoms with van der Waals surface area (Å²) in [6.07, 6.45) is 2.74. The van der Waals surface area contributed by atoms with Gasteiger partial charge in [0.1, 0.15) is 6.61 Å². The van der Waals surface area contributed by atoms with Gasteiger partial charge in [-0.05, 0) is 84.3 Å². The Morgan fingerprint density at radius 1 is 1.03 bits per heavy atom. The van der Waals surface area contributed by atoms with Crippen LogP contribution in [0.1, 0.15) is 30.5 Å². The monoisotopic (exact) mass is 570 g/mol. The van der Waals surface area contributed by atoms with Crippen LogP contribution in [0.4, 0.5) is 5.69 Å². The molecule has 3 aromatic carbocycles. The first-order valence-corrected chi connectivity index (χ1v) is 13.2. The zero-order valence-electron chi connectivity index (χ0n) is 19.3. The highest BCUT2D eigenvalue weighted by molar-refractivity contribution is 9.10. The molecule has 1 aliphatic rings. The summed E-state index contributed by atoms with van der Waals surface area (Å²) in [5.74, 6) is 0.792. The average Bonchev–Trinajstić information content (AvgIpc) is 3.18. The third kappa shape index (κ3) is 6.69. The Labute approximate surface area is 222 Å². The van der Waals surface area contributed by atoms with Crippen molar-refractivity contribution in [2.45, 2.75) is 26.9 Å². The summed E-state index contributed by atoms with van der Waals surface area (Å²) in [5, 5.41) is 3.77. The van der Waals surface area contributed by atoms with Gasteiger partial charge in [0.15, 0.2) is 16.7 Å². The first-order valence-electron chi connectivity index (χ1n) is 11.2. The van der Waals surface area contributed by atoms with Crippen LogP contribution in [-0.4, -0.2) is 17.7 Å². The number of aryl methyl sites for hydroxylation is 1. The number of rotatable bonds is 8. The van der Waals surface area contributed by atoms with Gasteiger partial charge in [-0.1, -0.05) is 58.7 Å². The van der Waals surface area contributed by atoms with E-state index in [4.69, 9.17) is 21.1 Å². The Hall–Kier alpha value is -2.74. The smallest absolute Gasteiger partial charge is 0.264 e.